The molecule has 8 aromatic carbocycles. The minimum atomic E-state index is -0.526. The Kier molecular flexibility index (Phi) is 9.24. The van der Waals surface area contributed by atoms with Crippen molar-refractivity contribution < 1.29 is 0 Å². The Morgan fingerprint density at radius 3 is 1.66 bits per heavy atom. The molecule has 0 atom stereocenters. The van der Waals surface area contributed by atoms with Gasteiger partial charge in [0, 0.05) is 16.9 Å². The summed E-state index contributed by atoms with van der Waals surface area (Å²) in [5.41, 5.74) is 22.0. The lowest BCUT2D eigenvalue weighted by Crippen LogP contribution is -2.34. The van der Waals surface area contributed by atoms with Gasteiger partial charge in [-0.15, -0.1) is 0 Å². The Bertz CT molecular complexity index is 2900. The van der Waals surface area contributed by atoms with Crippen LogP contribution in [0.15, 0.2) is 188 Å². The molecule has 0 N–H and O–H groups in total. The van der Waals surface area contributed by atoms with Crippen LogP contribution >= 0.6 is 0 Å². The van der Waals surface area contributed by atoms with Gasteiger partial charge in [0.2, 0.25) is 0 Å². The molecule has 0 spiro atoms. The summed E-state index contributed by atoms with van der Waals surface area (Å²) in [6, 6.07) is 71.5. The average molecular weight is 802 g/mol. The molecule has 0 aliphatic heterocycles. The van der Waals surface area contributed by atoms with E-state index in [1.807, 2.05) is 0 Å². The highest BCUT2D eigenvalue weighted by Gasteiger charge is 2.47. The molecule has 0 unspecified atom stereocenters. The van der Waals surface area contributed by atoms with Gasteiger partial charge in [-0.1, -0.05) is 179 Å². The van der Waals surface area contributed by atoms with Gasteiger partial charge in [0.25, 0.3) is 0 Å². The minimum Gasteiger partial charge on any atom is -0.310 e. The van der Waals surface area contributed by atoms with E-state index < -0.39 is 5.41 Å². The van der Waals surface area contributed by atoms with E-state index in [0.29, 0.717) is 0 Å². The molecule has 0 aromatic heterocycles. The van der Waals surface area contributed by atoms with Crippen molar-refractivity contribution in [1.82, 2.24) is 0 Å². The summed E-state index contributed by atoms with van der Waals surface area (Å²) >= 11 is 0. The predicted molar refractivity (Wildman–Crippen MR) is 261 cm³/mol. The lowest BCUT2D eigenvalue weighted by Gasteiger charge is -2.42. The van der Waals surface area contributed by atoms with Crippen molar-refractivity contribution in [2.75, 3.05) is 4.90 Å². The maximum Gasteiger partial charge on any atom is 0.0714 e. The van der Waals surface area contributed by atoms with Crippen LogP contribution in [0.4, 0.5) is 17.1 Å². The zero-order valence-electron chi connectivity index (χ0n) is 36.6. The summed E-state index contributed by atoms with van der Waals surface area (Å²) in [7, 11) is 0. The summed E-state index contributed by atoms with van der Waals surface area (Å²) in [4.78, 5) is 2.55. The van der Waals surface area contributed by atoms with Crippen LogP contribution in [-0.4, -0.2) is 0 Å². The third kappa shape index (κ3) is 6.11. The smallest absolute Gasteiger partial charge is 0.0714 e. The van der Waals surface area contributed by atoms with Crippen LogP contribution < -0.4 is 4.90 Å². The fourth-order valence-corrected chi connectivity index (χ4v) is 11.5. The molecule has 0 amide bonds. The van der Waals surface area contributed by atoms with E-state index in [9.17, 15) is 0 Å². The second-order valence-electron chi connectivity index (χ2n) is 19.3. The summed E-state index contributed by atoms with van der Waals surface area (Å²) in [6.45, 7) is 9.73. The van der Waals surface area contributed by atoms with Gasteiger partial charge in [-0.3, -0.25) is 0 Å². The Balaban J connectivity index is 1.21. The molecule has 8 aromatic rings. The number of hydrogen-bond donors (Lipinski definition) is 0. The quantitative estimate of drug-likeness (QED) is 0.155. The predicted octanol–water partition coefficient (Wildman–Crippen LogP) is 16.1. The molecule has 11 rings (SSSR count). The number of nitrogens with zero attached hydrogens (tertiary/aromatic N) is 1. The first-order valence-electron chi connectivity index (χ1n) is 22.9. The maximum atomic E-state index is 2.56. The van der Waals surface area contributed by atoms with Crippen molar-refractivity contribution in [2.45, 2.75) is 82.5 Å². The van der Waals surface area contributed by atoms with Gasteiger partial charge in [0.1, 0.15) is 0 Å². The first-order chi connectivity index (χ1) is 30.2. The van der Waals surface area contributed by atoms with E-state index in [1.165, 1.54) is 115 Å². The van der Waals surface area contributed by atoms with Crippen molar-refractivity contribution >= 4 is 17.1 Å². The molecule has 0 bridgehead atoms. The average Bonchev–Trinajstić information content (AvgIpc) is 3.61. The van der Waals surface area contributed by atoms with E-state index in [2.05, 4.69) is 221 Å². The SMILES string of the molecule is CC1(C)CCC(C)(C)c2cc(N(c3ccccc3)c3cc4c(cc3-c3ccc(-c5cccc6c5CCCC6)cc3)-c3ccccc3C4(c3ccccc3)c3ccccc3)ccc21. The number of anilines is 3. The molecule has 1 nitrogen and oxygen atoms in total. The third-order valence-electron chi connectivity index (χ3n) is 14.8. The molecule has 3 aliphatic carbocycles. The first-order valence-corrected chi connectivity index (χ1v) is 22.9. The second kappa shape index (κ2) is 14.9. The van der Waals surface area contributed by atoms with E-state index in [0.717, 1.165) is 18.5 Å². The largest absolute Gasteiger partial charge is 0.310 e. The molecule has 0 saturated heterocycles. The second-order valence-corrected chi connectivity index (χ2v) is 19.3. The van der Waals surface area contributed by atoms with Crippen molar-refractivity contribution in [3.8, 4) is 33.4 Å². The number of aryl methyl sites for hydroxylation is 1. The summed E-state index contributed by atoms with van der Waals surface area (Å²) in [6.07, 6.45) is 7.24. The van der Waals surface area contributed by atoms with Crippen molar-refractivity contribution in [3.63, 3.8) is 0 Å². The van der Waals surface area contributed by atoms with Crippen molar-refractivity contribution in [1.29, 1.82) is 0 Å². The molecule has 3 aliphatic rings. The van der Waals surface area contributed by atoms with E-state index in [4.69, 9.17) is 0 Å². The Labute approximate surface area is 368 Å². The number of rotatable bonds is 7. The van der Waals surface area contributed by atoms with Crippen LogP contribution in [0.1, 0.15) is 97.9 Å². The van der Waals surface area contributed by atoms with Gasteiger partial charge >= 0.3 is 0 Å². The van der Waals surface area contributed by atoms with E-state index in [1.54, 1.807) is 0 Å². The summed E-state index contributed by atoms with van der Waals surface area (Å²) < 4.78 is 0. The highest BCUT2D eigenvalue weighted by Crippen LogP contribution is 2.59. The number of para-hydroxylation sites is 1. The fourth-order valence-electron chi connectivity index (χ4n) is 11.5. The van der Waals surface area contributed by atoms with Gasteiger partial charge in [-0.2, -0.15) is 0 Å². The van der Waals surface area contributed by atoms with Crippen molar-refractivity contribution in [2.24, 2.45) is 0 Å². The molecular weight excluding hydrogens is 747 g/mol. The molecular formula is C61H55N. The minimum absolute atomic E-state index is 0.0634. The molecule has 62 heavy (non-hydrogen) atoms. The maximum absolute atomic E-state index is 2.56. The topological polar surface area (TPSA) is 3.24 Å². The number of fused-ring (bicyclic) bond motifs is 5. The standard InChI is InChI=1S/C61H55N/c1-59(2)37-38-60(3,4)57-39-48(35-36-55(57)59)62(47-25-12-7-13-26-47)58-41-56-53(40-52(58)44-33-31-43(32-34-44)50-29-18-20-42-19-14-15-27-49(42)50)51-28-16-17-30-54(51)61(56,45-21-8-5-9-22-45)46-23-10-6-11-24-46/h5-13,16-18,20-26,28-36,39-41H,14-15,19,27,37-38H2,1-4H3. The monoisotopic (exact) mass is 801 g/mol. The summed E-state index contributed by atoms with van der Waals surface area (Å²) in [5, 5.41) is 0. The lowest BCUT2D eigenvalue weighted by atomic mass is 9.63. The summed E-state index contributed by atoms with van der Waals surface area (Å²) in [5.74, 6) is 0. The molecule has 0 fully saturated rings. The Morgan fingerprint density at radius 1 is 0.387 bits per heavy atom. The molecule has 0 heterocycles. The van der Waals surface area contributed by atoms with Crippen LogP contribution in [0.25, 0.3) is 33.4 Å². The molecule has 0 radical (unpaired) electrons. The Morgan fingerprint density at radius 2 is 0.968 bits per heavy atom. The first kappa shape index (κ1) is 38.5. The van der Waals surface area contributed by atoms with Crippen LogP contribution in [0.5, 0.6) is 0 Å². The highest BCUT2D eigenvalue weighted by molar-refractivity contribution is 5.97. The van der Waals surface area contributed by atoms with Crippen LogP contribution in [0.2, 0.25) is 0 Å². The van der Waals surface area contributed by atoms with Gasteiger partial charge in [-0.25, -0.2) is 0 Å². The third-order valence-corrected chi connectivity index (χ3v) is 14.8. The molecule has 1 heteroatoms. The van der Waals surface area contributed by atoms with Crippen LogP contribution in [0.3, 0.4) is 0 Å². The van der Waals surface area contributed by atoms with Gasteiger partial charge in [0.15, 0.2) is 0 Å². The number of hydrogen-bond acceptors (Lipinski definition) is 1. The Hall–Kier alpha value is -6.44. The normalized spacial score (nSPS) is 16.4. The van der Waals surface area contributed by atoms with Crippen molar-refractivity contribution in [3.05, 3.63) is 233 Å². The lowest BCUT2D eigenvalue weighted by molar-refractivity contribution is 0.332. The molecule has 0 saturated carbocycles. The van der Waals surface area contributed by atoms with E-state index in [-0.39, 0.29) is 10.8 Å². The number of benzene rings is 8. The van der Waals surface area contributed by atoms with Gasteiger partial charge in [0.05, 0.1) is 11.1 Å². The highest BCUT2D eigenvalue weighted by atomic mass is 15.1. The zero-order chi connectivity index (χ0) is 42.1. The fraction of sp³-hybridized carbons (Fsp3) is 0.213. The van der Waals surface area contributed by atoms with E-state index >= 15 is 0 Å². The van der Waals surface area contributed by atoms with Gasteiger partial charge in [-0.05, 0) is 158 Å². The van der Waals surface area contributed by atoms with Crippen LogP contribution in [-0.2, 0) is 29.1 Å². The zero-order valence-corrected chi connectivity index (χ0v) is 36.6. The van der Waals surface area contributed by atoms with Crippen LogP contribution in [0, 0.1) is 0 Å². The van der Waals surface area contributed by atoms with Gasteiger partial charge < -0.3 is 4.90 Å². The molecule has 304 valence electrons.